The molecule has 0 aliphatic carbocycles. The summed E-state index contributed by atoms with van der Waals surface area (Å²) in [6.07, 6.45) is 1.61. The summed E-state index contributed by atoms with van der Waals surface area (Å²) in [5.74, 6) is 0.904. The largest absolute Gasteiger partial charge is 0.353 e. The number of thiocarbonyl (C=S) groups is 1. The second kappa shape index (κ2) is 7.81. The Bertz CT molecular complexity index is 807. The van der Waals surface area contributed by atoms with E-state index in [0.717, 1.165) is 47.3 Å². The molecule has 7 heteroatoms. The topological polar surface area (TPSA) is 55.2 Å². The Labute approximate surface area is 161 Å². The van der Waals surface area contributed by atoms with Crippen molar-refractivity contribution in [2.45, 2.75) is 6.92 Å². The number of anilines is 2. The van der Waals surface area contributed by atoms with Gasteiger partial charge in [0, 0.05) is 42.5 Å². The first-order valence-corrected chi connectivity index (χ1v) is 9.20. The number of benzene rings is 1. The van der Waals surface area contributed by atoms with E-state index in [1.807, 2.05) is 18.2 Å². The van der Waals surface area contributed by atoms with Crippen LogP contribution in [0.15, 0.2) is 41.0 Å². The van der Waals surface area contributed by atoms with Gasteiger partial charge in [0.1, 0.15) is 11.9 Å². The maximum absolute atomic E-state index is 8.85. The molecular formula is C18H18BrN5S. The van der Waals surface area contributed by atoms with Crippen molar-refractivity contribution in [3.05, 3.63) is 52.1 Å². The van der Waals surface area contributed by atoms with Gasteiger partial charge in [0.25, 0.3) is 0 Å². The normalized spacial score (nSPS) is 14.1. The highest BCUT2D eigenvalue weighted by Crippen LogP contribution is 2.21. The van der Waals surface area contributed by atoms with E-state index in [-0.39, 0.29) is 0 Å². The van der Waals surface area contributed by atoms with Crippen molar-refractivity contribution in [2.24, 2.45) is 0 Å². The first-order valence-electron chi connectivity index (χ1n) is 8.00. The van der Waals surface area contributed by atoms with E-state index in [1.165, 1.54) is 5.56 Å². The number of nitrogens with zero attached hydrogens (tertiary/aromatic N) is 4. The molecule has 1 fully saturated rings. The van der Waals surface area contributed by atoms with Gasteiger partial charge in [-0.3, -0.25) is 0 Å². The molecule has 1 aromatic carbocycles. The molecule has 1 aromatic heterocycles. The summed E-state index contributed by atoms with van der Waals surface area (Å²) in [6.45, 7) is 5.42. The number of rotatable bonds is 2. The van der Waals surface area contributed by atoms with Crippen LogP contribution < -0.4 is 10.2 Å². The van der Waals surface area contributed by atoms with Crippen LogP contribution in [-0.4, -0.2) is 41.2 Å². The number of hydrogen-bond acceptors (Lipinski definition) is 4. The van der Waals surface area contributed by atoms with Gasteiger partial charge in [-0.15, -0.1) is 0 Å². The van der Waals surface area contributed by atoms with Crippen molar-refractivity contribution in [1.29, 1.82) is 5.26 Å². The van der Waals surface area contributed by atoms with Gasteiger partial charge in [0.15, 0.2) is 5.11 Å². The molecule has 0 bridgehead atoms. The Balaban J connectivity index is 1.56. The molecule has 0 amide bonds. The maximum atomic E-state index is 8.85. The SMILES string of the molecule is Cc1cc(NC(=S)N2CCN(c3ccc(C#N)cn3)CC2)ccc1Br. The van der Waals surface area contributed by atoms with E-state index in [9.17, 15) is 0 Å². The molecule has 0 radical (unpaired) electrons. The van der Waals surface area contributed by atoms with Crippen LogP contribution in [0.25, 0.3) is 0 Å². The van der Waals surface area contributed by atoms with Gasteiger partial charge in [-0.2, -0.15) is 5.26 Å². The predicted molar refractivity (Wildman–Crippen MR) is 108 cm³/mol. The van der Waals surface area contributed by atoms with E-state index in [2.05, 4.69) is 55.1 Å². The van der Waals surface area contributed by atoms with Gasteiger partial charge in [0.05, 0.1) is 5.56 Å². The minimum absolute atomic E-state index is 0.581. The van der Waals surface area contributed by atoms with Crippen LogP contribution in [-0.2, 0) is 0 Å². The van der Waals surface area contributed by atoms with Crippen molar-refractivity contribution >= 4 is 44.8 Å². The van der Waals surface area contributed by atoms with E-state index >= 15 is 0 Å². The molecule has 2 aromatic rings. The quantitative estimate of drug-likeness (QED) is 0.756. The van der Waals surface area contributed by atoms with E-state index in [0.29, 0.717) is 5.56 Å². The number of pyridine rings is 1. The highest BCUT2D eigenvalue weighted by Gasteiger charge is 2.20. The molecule has 0 atom stereocenters. The first-order chi connectivity index (χ1) is 12.1. The number of nitrogens with one attached hydrogen (secondary N) is 1. The molecule has 2 heterocycles. The highest BCUT2D eigenvalue weighted by atomic mass is 79.9. The molecule has 0 saturated carbocycles. The van der Waals surface area contributed by atoms with Crippen molar-refractivity contribution in [3.8, 4) is 6.07 Å². The fraction of sp³-hybridized carbons (Fsp3) is 0.278. The fourth-order valence-electron chi connectivity index (χ4n) is 2.70. The Morgan fingerprint density at radius 1 is 1.24 bits per heavy atom. The second-order valence-electron chi connectivity index (χ2n) is 5.89. The van der Waals surface area contributed by atoms with Crippen molar-refractivity contribution in [2.75, 3.05) is 36.4 Å². The smallest absolute Gasteiger partial charge is 0.173 e. The van der Waals surface area contributed by atoms with Crippen molar-refractivity contribution < 1.29 is 0 Å². The van der Waals surface area contributed by atoms with Gasteiger partial charge >= 0.3 is 0 Å². The molecule has 1 saturated heterocycles. The van der Waals surface area contributed by atoms with Crippen molar-refractivity contribution in [3.63, 3.8) is 0 Å². The van der Waals surface area contributed by atoms with Gasteiger partial charge in [-0.1, -0.05) is 15.9 Å². The molecule has 5 nitrogen and oxygen atoms in total. The first kappa shape index (κ1) is 17.6. The highest BCUT2D eigenvalue weighted by molar-refractivity contribution is 9.10. The van der Waals surface area contributed by atoms with E-state index in [1.54, 1.807) is 12.3 Å². The Kier molecular flexibility index (Phi) is 5.51. The molecule has 3 rings (SSSR count). The molecule has 128 valence electrons. The molecule has 25 heavy (non-hydrogen) atoms. The van der Waals surface area contributed by atoms with Crippen LogP contribution >= 0.6 is 28.1 Å². The molecular weight excluding hydrogens is 398 g/mol. The minimum atomic E-state index is 0.581. The van der Waals surface area contributed by atoms with Crippen LogP contribution in [0.4, 0.5) is 11.5 Å². The van der Waals surface area contributed by atoms with Crippen LogP contribution in [0.5, 0.6) is 0 Å². The summed E-state index contributed by atoms with van der Waals surface area (Å²) in [6, 6.07) is 11.9. The van der Waals surface area contributed by atoms with Gasteiger partial charge in [0.2, 0.25) is 0 Å². The number of aromatic nitrogens is 1. The summed E-state index contributed by atoms with van der Waals surface area (Å²) < 4.78 is 1.09. The zero-order valence-electron chi connectivity index (χ0n) is 13.9. The second-order valence-corrected chi connectivity index (χ2v) is 7.13. The average molecular weight is 416 g/mol. The lowest BCUT2D eigenvalue weighted by Gasteiger charge is -2.36. The summed E-state index contributed by atoms with van der Waals surface area (Å²) in [4.78, 5) is 8.75. The van der Waals surface area contributed by atoms with Gasteiger partial charge in [-0.25, -0.2) is 4.98 Å². The van der Waals surface area contributed by atoms with E-state index in [4.69, 9.17) is 17.5 Å². The lowest BCUT2D eigenvalue weighted by molar-refractivity contribution is 0.389. The molecule has 0 unspecified atom stereocenters. The van der Waals surface area contributed by atoms with Crippen LogP contribution in [0, 0.1) is 18.3 Å². The Morgan fingerprint density at radius 3 is 2.60 bits per heavy atom. The lowest BCUT2D eigenvalue weighted by Crippen LogP contribution is -2.50. The molecule has 1 N–H and O–H groups in total. The summed E-state index contributed by atoms with van der Waals surface area (Å²) >= 11 is 9.06. The summed E-state index contributed by atoms with van der Waals surface area (Å²) in [5, 5.41) is 12.9. The monoisotopic (exact) mass is 415 g/mol. The maximum Gasteiger partial charge on any atom is 0.173 e. The summed E-state index contributed by atoms with van der Waals surface area (Å²) in [5.41, 5.74) is 2.75. The molecule has 1 aliphatic heterocycles. The van der Waals surface area contributed by atoms with Crippen LogP contribution in [0.2, 0.25) is 0 Å². The predicted octanol–water partition coefficient (Wildman–Crippen LogP) is 3.54. The number of nitriles is 1. The van der Waals surface area contributed by atoms with Gasteiger partial charge in [-0.05, 0) is 55.0 Å². The van der Waals surface area contributed by atoms with Crippen LogP contribution in [0.3, 0.4) is 0 Å². The fourth-order valence-corrected chi connectivity index (χ4v) is 3.25. The number of halogens is 1. The zero-order valence-corrected chi connectivity index (χ0v) is 16.3. The van der Waals surface area contributed by atoms with E-state index < -0.39 is 0 Å². The third kappa shape index (κ3) is 4.27. The van der Waals surface area contributed by atoms with Crippen LogP contribution in [0.1, 0.15) is 11.1 Å². The molecule has 1 aliphatic rings. The standard InChI is InChI=1S/C18H18BrN5S/c1-13-10-15(3-4-16(13)19)22-18(25)24-8-6-23(7-9-24)17-5-2-14(11-20)12-21-17/h2-5,10,12H,6-9H2,1H3,(H,22,25). The van der Waals surface area contributed by atoms with Crippen molar-refractivity contribution in [1.82, 2.24) is 9.88 Å². The third-order valence-electron chi connectivity index (χ3n) is 4.18. The summed E-state index contributed by atoms with van der Waals surface area (Å²) in [7, 11) is 0. The Hall–Kier alpha value is -2.17. The number of piperazine rings is 1. The average Bonchev–Trinajstić information content (AvgIpc) is 2.65. The molecule has 0 spiro atoms. The third-order valence-corrected chi connectivity index (χ3v) is 5.43. The number of hydrogen-bond donors (Lipinski definition) is 1. The minimum Gasteiger partial charge on any atom is -0.353 e. The lowest BCUT2D eigenvalue weighted by atomic mass is 10.2. The van der Waals surface area contributed by atoms with Gasteiger partial charge < -0.3 is 15.1 Å². The zero-order chi connectivity index (χ0) is 17.8. The number of aryl methyl sites for hydroxylation is 1. The Morgan fingerprint density at radius 2 is 2.00 bits per heavy atom.